The molecule has 0 spiro atoms. The van der Waals surface area contributed by atoms with Crippen LogP contribution in [-0.4, -0.2) is 35.1 Å². The molecule has 0 bridgehead atoms. The zero-order chi connectivity index (χ0) is 13.8. The van der Waals surface area contributed by atoms with Crippen molar-refractivity contribution in [3.63, 3.8) is 0 Å². The molecule has 5 heteroatoms. The van der Waals surface area contributed by atoms with E-state index in [1.54, 1.807) is 17.0 Å². The smallest absolute Gasteiger partial charge is 0.246 e. The largest absolute Gasteiger partial charge is 0.395 e. The number of carbonyl (C=O) groups excluding carboxylic acids is 1. The van der Waals surface area contributed by atoms with Gasteiger partial charge in [-0.2, -0.15) is 0 Å². The molecule has 1 aliphatic carbocycles. The third-order valence-electron chi connectivity index (χ3n) is 2.98. The Kier molecular flexibility index (Phi) is 4.71. The third-order valence-corrected chi connectivity index (χ3v) is 3.47. The molecule has 1 aromatic carbocycles. The van der Waals surface area contributed by atoms with Crippen LogP contribution in [-0.2, 0) is 4.79 Å². The first-order chi connectivity index (χ1) is 9.11. The van der Waals surface area contributed by atoms with E-state index in [0.29, 0.717) is 12.1 Å². The summed E-state index contributed by atoms with van der Waals surface area (Å²) in [5, 5.41) is 8.94. The van der Waals surface area contributed by atoms with E-state index >= 15 is 0 Å². The van der Waals surface area contributed by atoms with Crippen molar-refractivity contribution < 1.29 is 14.3 Å². The molecule has 0 unspecified atom stereocenters. The lowest BCUT2D eigenvalue weighted by atomic mass is 10.2. The fourth-order valence-electron chi connectivity index (χ4n) is 1.87. The third kappa shape index (κ3) is 3.88. The monoisotopic (exact) mass is 327 g/mol. The number of halogens is 2. The number of carbonyl (C=O) groups is 1. The van der Waals surface area contributed by atoms with E-state index in [-0.39, 0.29) is 24.4 Å². The zero-order valence-electron chi connectivity index (χ0n) is 10.4. The molecule has 1 saturated carbocycles. The van der Waals surface area contributed by atoms with Gasteiger partial charge < -0.3 is 10.0 Å². The average Bonchev–Trinajstić information content (AvgIpc) is 3.21. The van der Waals surface area contributed by atoms with Crippen LogP contribution in [0.1, 0.15) is 18.4 Å². The minimum absolute atomic E-state index is 0.0542. The van der Waals surface area contributed by atoms with E-state index in [1.165, 1.54) is 18.2 Å². The quantitative estimate of drug-likeness (QED) is 0.844. The number of hydrogen-bond acceptors (Lipinski definition) is 2. The molecule has 2 rings (SSSR count). The SMILES string of the molecule is O=C(/C=C/c1cc(Br)ccc1F)N(CCO)C1CC1. The summed E-state index contributed by atoms with van der Waals surface area (Å²) < 4.78 is 14.3. The van der Waals surface area contributed by atoms with E-state index in [4.69, 9.17) is 5.11 Å². The molecule has 0 saturated heterocycles. The Bertz CT molecular complexity index is 500. The van der Waals surface area contributed by atoms with Crippen LogP contribution >= 0.6 is 15.9 Å². The highest BCUT2D eigenvalue weighted by molar-refractivity contribution is 9.10. The number of hydrogen-bond donors (Lipinski definition) is 1. The Morgan fingerprint density at radius 2 is 2.26 bits per heavy atom. The van der Waals surface area contributed by atoms with Crippen LogP contribution in [0, 0.1) is 5.82 Å². The Balaban J connectivity index is 2.08. The number of amides is 1. The number of aliphatic hydroxyl groups excluding tert-OH is 1. The number of benzene rings is 1. The summed E-state index contributed by atoms with van der Waals surface area (Å²) in [5.41, 5.74) is 0.363. The Labute approximate surface area is 119 Å². The molecule has 0 heterocycles. The minimum atomic E-state index is -0.368. The maximum atomic E-state index is 13.5. The van der Waals surface area contributed by atoms with Gasteiger partial charge in [0.2, 0.25) is 5.91 Å². The molecule has 0 aliphatic heterocycles. The number of rotatable bonds is 5. The van der Waals surface area contributed by atoms with Gasteiger partial charge in [0.1, 0.15) is 5.82 Å². The topological polar surface area (TPSA) is 40.5 Å². The molecule has 3 nitrogen and oxygen atoms in total. The molecule has 0 radical (unpaired) electrons. The molecule has 1 aromatic rings. The fourth-order valence-corrected chi connectivity index (χ4v) is 2.24. The predicted octanol–water partition coefficient (Wildman–Crippen LogP) is 2.58. The highest BCUT2D eigenvalue weighted by Gasteiger charge is 2.30. The lowest BCUT2D eigenvalue weighted by Crippen LogP contribution is -2.34. The van der Waals surface area contributed by atoms with Gasteiger partial charge in [-0.25, -0.2) is 4.39 Å². The summed E-state index contributed by atoms with van der Waals surface area (Å²) in [6.07, 6.45) is 4.78. The number of aliphatic hydroxyl groups is 1. The van der Waals surface area contributed by atoms with Gasteiger partial charge in [0.15, 0.2) is 0 Å². The van der Waals surface area contributed by atoms with Crippen LogP contribution < -0.4 is 0 Å². The second-order valence-electron chi connectivity index (χ2n) is 4.49. The first kappa shape index (κ1) is 14.2. The summed E-state index contributed by atoms with van der Waals surface area (Å²) in [6.45, 7) is 0.274. The van der Waals surface area contributed by atoms with Gasteiger partial charge in [0.25, 0.3) is 0 Å². The average molecular weight is 328 g/mol. The summed E-state index contributed by atoms with van der Waals surface area (Å²) in [7, 11) is 0. The van der Waals surface area contributed by atoms with E-state index in [9.17, 15) is 9.18 Å². The summed E-state index contributed by atoms with van der Waals surface area (Å²) in [6, 6.07) is 4.81. The molecule has 1 N–H and O–H groups in total. The Morgan fingerprint density at radius 3 is 2.89 bits per heavy atom. The van der Waals surface area contributed by atoms with Crippen LogP contribution in [0.5, 0.6) is 0 Å². The molecule has 0 atom stereocenters. The van der Waals surface area contributed by atoms with E-state index < -0.39 is 0 Å². The van der Waals surface area contributed by atoms with Crippen molar-refractivity contribution in [3.05, 3.63) is 40.1 Å². The highest BCUT2D eigenvalue weighted by atomic mass is 79.9. The number of nitrogens with zero attached hydrogens (tertiary/aromatic N) is 1. The molecule has 1 fully saturated rings. The maximum absolute atomic E-state index is 13.5. The van der Waals surface area contributed by atoms with Gasteiger partial charge in [-0.15, -0.1) is 0 Å². The molecular weight excluding hydrogens is 313 g/mol. The van der Waals surface area contributed by atoms with Gasteiger partial charge in [-0.1, -0.05) is 15.9 Å². The first-order valence-electron chi connectivity index (χ1n) is 6.16. The summed E-state index contributed by atoms with van der Waals surface area (Å²) >= 11 is 3.26. The van der Waals surface area contributed by atoms with Crippen molar-refractivity contribution in [2.75, 3.05) is 13.2 Å². The van der Waals surface area contributed by atoms with Crippen molar-refractivity contribution >= 4 is 27.9 Å². The van der Waals surface area contributed by atoms with Crippen molar-refractivity contribution in [1.82, 2.24) is 4.90 Å². The van der Waals surface area contributed by atoms with E-state index in [1.807, 2.05) is 0 Å². The van der Waals surface area contributed by atoms with Crippen LogP contribution in [0.2, 0.25) is 0 Å². The second-order valence-corrected chi connectivity index (χ2v) is 5.40. The van der Waals surface area contributed by atoms with Gasteiger partial charge >= 0.3 is 0 Å². The molecule has 1 aliphatic rings. The maximum Gasteiger partial charge on any atom is 0.246 e. The van der Waals surface area contributed by atoms with Crippen LogP contribution in [0.4, 0.5) is 4.39 Å². The van der Waals surface area contributed by atoms with Gasteiger partial charge in [-0.3, -0.25) is 4.79 Å². The first-order valence-corrected chi connectivity index (χ1v) is 6.95. The molecular formula is C14H15BrFNO2. The normalized spacial score (nSPS) is 14.9. The Morgan fingerprint density at radius 1 is 1.53 bits per heavy atom. The fraction of sp³-hybridized carbons (Fsp3) is 0.357. The van der Waals surface area contributed by atoms with Crippen LogP contribution in [0.3, 0.4) is 0 Å². The molecule has 0 aromatic heterocycles. The van der Waals surface area contributed by atoms with Crippen molar-refractivity contribution in [1.29, 1.82) is 0 Å². The summed E-state index contributed by atoms with van der Waals surface area (Å²) in [5.74, 6) is -0.552. The molecule has 1 amide bonds. The van der Waals surface area contributed by atoms with Crippen LogP contribution in [0.25, 0.3) is 6.08 Å². The summed E-state index contributed by atoms with van der Waals surface area (Å²) in [4.78, 5) is 13.6. The molecule has 102 valence electrons. The standard InChI is InChI=1S/C14H15BrFNO2/c15-11-2-5-13(16)10(9-11)1-6-14(19)17(7-8-18)12-3-4-12/h1-2,5-6,9,12,18H,3-4,7-8H2/b6-1+. The van der Waals surface area contributed by atoms with Gasteiger partial charge in [-0.05, 0) is 37.1 Å². The van der Waals surface area contributed by atoms with E-state index in [2.05, 4.69) is 15.9 Å². The minimum Gasteiger partial charge on any atom is -0.395 e. The second kappa shape index (κ2) is 6.30. The van der Waals surface area contributed by atoms with Crippen molar-refractivity contribution in [3.8, 4) is 0 Å². The van der Waals surface area contributed by atoms with Crippen molar-refractivity contribution in [2.45, 2.75) is 18.9 Å². The lowest BCUT2D eigenvalue weighted by molar-refractivity contribution is -0.127. The highest BCUT2D eigenvalue weighted by Crippen LogP contribution is 2.27. The van der Waals surface area contributed by atoms with Gasteiger partial charge in [0, 0.05) is 28.7 Å². The lowest BCUT2D eigenvalue weighted by Gasteiger charge is -2.19. The van der Waals surface area contributed by atoms with E-state index in [0.717, 1.165) is 17.3 Å². The Hall–Kier alpha value is -1.20. The predicted molar refractivity (Wildman–Crippen MR) is 75.0 cm³/mol. The molecule has 19 heavy (non-hydrogen) atoms. The van der Waals surface area contributed by atoms with Gasteiger partial charge in [0.05, 0.1) is 6.61 Å². The van der Waals surface area contributed by atoms with Crippen LogP contribution in [0.15, 0.2) is 28.7 Å². The van der Waals surface area contributed by atoms with Crippen molar-refractivity contribution in [2.24, 2.45) is 0 Å². The zero-order valence-corrected chi connectivity index (χ0v) is 11.9.